The molecule has 0 aromatic heterocycles. The number of urea groups is 1. The first-order valence-electron chi connectivity index (χ1n) is 8.43. The van der Waals surface area contributed by atoms with Crippen LogP contribution in [0.2, 0.25) is 0 Å². The highest BCUT2D eigenvalue weighted by Gasteiger charge is 2.43. The highest BCUT2D eigenvalue weighted by Crippen LogP contribution is 2.44. The van der Waals surface area contributed by atoms with Gasteiger partial charge in [-0.25, -0.2) is 4.79 Å². The molecule has 1 N–H and O–H groups in total. The Bertz CT molecular complexity index is 824. The van der Waals surface area contributed by atoms with E-state index in [4.69, 9.17) is 0 Å². The van der Waals surface area contributed by atoms with Crippen molar-refractivity contribution in [1.29, 1.82) is 0 Å². The topological polar surface area (TPSA) is 92.6 Å². The van der Waals surface area contributed by atoms with Crippen molar-refractivity contribution in [1.82, 2.24) is 10.2 Å². The molecule has 0 bridgehead atoms. The lowest BCUT2D eigenvalue weighted by Gasteiger charge is -2.43. The summed E-state index contributed by atoms with van der Waals surface area (Å²) in [6.45, 7) is 8.03. The monoisotopic (exact) mass is 355 g/mol. The second-order valence-corrected chi connectivity index (χ2v) is 7.43. The number of hydrogen-bond acceptors (Lipinski definition) is 4. The number of non-ortho nitro benzene ring substituents is 1. The fraction of sp³-hybridized carbons (Fsp3) is 0.368. The fourth-order valence-corrected chi connectivity index (χ4v) is 3.63. The number of benzene rings is 1. The van der Waals surface area contributed by atoms with Crippen molar-refractivity contribution < 1.29 is 14.5 Å². The molecule has 2 amide bonds. The summed E-state index contributed by atoms with van der Waals surface area (Å²) in [4.78, 5) is 37.5. The molecule has 1 aromatic rings. The van der Waals surface area contributed by atoms with E-state index < -0.39 is 11.0 Å². The van der Waals surface area contributed by atoms with E-state index in [1.807, 2.05) is 13.8 Å². The van der Waals surface area contributed by atoms with Crippen molar-refractivity contribution in [3.05, 3.63) is 63.9 Å². The smallest absolute Gasteiger partial charge is 0.322 e. The third kappa shape index (κ3) is 3.12. The van der Waals surface area contributed by atoms with Gasteiger partial charge in [-0.1, -0.05) is 19.9 Å². The zero-order valence-corrected chi connectivity index (χ0v) is 14.8. The van der Waals surface area contributed by atoms with Gasteiger partial charge in [-0.3, -0.25) is 19.8 Å². The van der Waals surface area contributed by atoms with E-state index in [0.717, 1.165) is 5.70 Å². The summed E-state index contributed by atoms with van der Waals surface area (Å²) in [5.41, 5.74) is 1.68. The molecule has 26 heavy (non-hydrogen) atoms. The Morgan fingerprint density at radius 2 is 1.96 bits per heavy atom. The van der Waals surface area contributed by atoms with Crippen LogP contribution in [0.4, 0.5) is 10.5 Å². The van der Waals surface area contributed by atoms with Crippen LogP contribution in [-0.2, 0) is 4.79 Å². The van der Waals surface area contributed by atoms with Gasteiger partial charge in [-0.2, -0.15) is 0 Å². The van der Waals surface area contributed by atoms with Gasteiger partial charge in [0.05, 0.1) is 11.0 Å². The fourth-order valence-electron chi connectivity index (χ4n) is 3.63. The molecule has 1 unspecified atom stereocenters. The molecule has 2 aliphatic rings. The lowest BCUT2D eigenvalue weighted by molar-refractivity contribution is -0.384. The number of nitrogens with one attached hydrogen (secondary N) is 1. The molecule has 0 saturated heterocycles. The standard InChI is InChI=1S/C19H21N3O4/c1-4-9-21-14-10-19(2,3)11-15(23)16(14)17(20-18(21)24)12-5-7-13(8-6-12)22(25)26/h4-8,17H,1,9-11H2,2-3H3,(H,20,24). The molecular formula is C19H21N3O4. The maximum atomic E-state index is 12.9. The molecule has 136 valence electrons. The zero-order chi connectivity index (χ0) is 19.1. The van der Waals surface area contributed by atoms with Crippen LogP contribution < -0.4 is 5.32 Å². The van der Waals surface area contributed by atoms with Gasteiger partial charge in [0.1, 0.15) is 0 Å². The van der Waals surface area contributed by atoms with Gasteiger partial charge in [0.2, 0.25) is 0 Å². The number of ketones is 1. The SMILES string of the molecule is C=CCN1C(=O)NC(c2ccc([N+](=O)[O-])cc2)C2=C1CC(C)(C)CC2=O. The minimum Gasteiger partial charge on any atom is -0.327 e. The maximum absolute atomic E-state index is 12.9. The van der Waals surface area contributed by atoms with Gasteiger partial charge in [-0.15, -0.1) is 6.58 Å². The Labute approximate surface area is 151 Å². The Balaban J connectivity index is 2.09. The Morgan fingerprint density at radius 3 is 2.54 bits per heavy atom. The summed E-state index contributed by atoms with van der Waals surface area (Å²) in [6, 6.07) is 5.05. The van der Waals surface area contributed by atoms with Gasteiger partial charge < -0.3 is 5.32 Å². The third-order valence-electron chi connectivity index (χ3n) is 4.77. The van der Waals surface area contributed by atoms with Crippen molar-refractivity contribution in [3.8, 4) is 0 Å². The number of rotatable bonds is 4. The van der Waals surface area contributed by atoms with E-state index in [1.54, 1.807) is 23.1 Å². The molecule has 1 heterocycles. The predicted molar refractivity (Wildman–Crippen MR) is 96.3 cm³/mol. The highest BCUT2D eigenvalue weighted by atomic mass is 16.6. The molecule has 7 nitrogen and oxygen atoms in total. The molecule has 1 atom stereocenters. The second kappa shape index (κ2) is 6.40. The summed E-state index contributed by atoms with van der Waals surface area (Å²) in [5, 5.41) is 13.7. The van der Waals surface area contributed by atoms with Gasteiger partial charge >= 0.3 is 6.03 Å². The van der Waals surface area contributed by atoms with Crippen molar-refractivity contribution in [3.63, 3.8) is 0 Å². The van der Waals surface area contributed by atoms with E-state index in [9.17, 15) is 19.7 Å². The average Bonchev–Trinajstić information content (AvgIpc) is 2.56. The number of carbonyl (C=O) groups excluding carboxylic acids is 2. The number of allylic oxidation sites excluding steroid dienone is 1. The van der Waals surface area contributed by atoms with Crippen molar-refractivity contribution in [2.24, 2.45) is 5.41 Å². The Hall–Kier alpha value is -2.96. The Kier molecular flexibility index (Phi) is 4.39. The van der Waals surface area contributed by atoms with E-state index in [2.05, 4.69) is 11.9 Å². The van der Waals surface area contributed by atoms with Crippen LogP contribution in [0.1, 0.15) is 38.3 Å². The van der Waals surface area contributed by atoms with Crippen LogP contribution in [0.15, 0.2) is 48.2 Å². The van der Waals surface area contributed by atoms with Crippen molar-refractivity contribution in [2.75, 3.05) is 6.54 Å². The first-order chi connectivity index (χ1) is 12.2. The number of amides is 2. The number of Topliss-reactive ketones (excluding diaryl/α,β-unsaturated/α-hetero) is 1. The van der Waals surface area contributed by atoms with E-state index in [1.165, 1.54) is 12.1 Å². The van der Waals surface area contributed by atoms with Crippen LogP contribution in [0, 0.1) is 15.5 Å². The normalized spacial score (nSPS) is 21.9. The molecule has 0 saturated carbocycles. The lowest BCUT2D eigenvalue weighted by Crippen LogP contribution is -2.51. The van der Waals surface area contributed by atoms with Crippen LogP contribution >= 0.6 is 0 Å². The summed E-state index contributed by atoms with van der Waals surface area (Å²) in [5.74, 6) is -0.00587. The third-order valence-corrected chi connectivity index (χ3v) is 4.77. The summed E-state index contributed by atoms with van der Waals surface area (Å²) in [7, 11) is 0. The molecule has 0 radical (unpaired) electrons. The number of carbonyl (C=O) groups is 2. The number of nitrogens with zero attached hydrogens (tertiary/aromatic N) is 2. The molecule has 1 aliphatic carbocycles. The van der Waals surface area contributed by atoms with E-state index in [0.29, 0.717) is 30.5 Å². The van der Waals surface area contributed by atoms with E-state index >= 15 is 0 Å². The predicted octanol–water partition coefficient (Wildman–Crippen LogP) is 3.49. The quantitative estimate of drug-likeness (QED) is 0.508. The van der Waals surface area contributed by atoms with Crippen molar-refractivity contribution in [2.45, 2.75) is 32.7 Å². The highest BCUT2D eigenvalue weighted by molar-refractivity contribution is 6.01. The van der Waals surface area contributed by atoms with Crippen LogP contribution in [-0.4, -0.2) is 28.2 Å². The Morgan fingerprint density at radius 1 is 1.31 bits per heavy atom. The van der Waals surface area contributed by atoms with Gasteiger partial charge in [0, 0.05) is 36.4 Å². The first kappa shape index (κ1) is 17.8. The molecule has 1 aliphatic heterocycles. The summed E-state index contributed by atoms with van der Waals surface area (Å²) >= 11 is 0. The molecule has 0 spiro atoms. The maximum Gasteiger partial charge on any atom is 0.322 e. The van der Waals surface area contributed by atoms with Crippen molar-refractivity contribution >= 4 is 17.5 Å². The minimum atomic E-state index is -0.594. The minimum absolute atomic E-state index is 0.00587. The van der Waals surface area contributed by atoms with Gasteiger partial charge in [0.15, 0.2) is 5.78 Å². The second-order valence-electron chi connectivity index (χ2n) is 7.43. The van der Waals surface area contributed by atoms with E-state index in [-0.39, 0.29) is 22.9 Å². The molecular weight excluding hydrogens is 334 g/mol. The molecule has 3 rings (SSSR count). The van der Waals surface area contributed by atoms with Crippen LogP contribution in [0.25, 0.3) is 0 Å². The summed E-state index contributed by atoms with van der Waals surface area (Å²) in [6.07, 6.45) is 2.63. The number of hydrogen-bond donors (Lipinski definition) is 1. The lowest BCUT2D eigenvalue weighted by atomic mass is 9.72. The molecule has 7 heteroatoms. The first-order valence-corrected chi connectivity index (χ1v) is 8.43. The summed E-state index contributed by atoms with van der Waals surface area (Å²) < 4.78 is 0. The molecule has 1 aromatic carbocycles. The van der Waals surface area contributed by atoms with Crippen LogP contribution in [0.5, 0.6) is 0 Å². The van der Waals surface area contributed by atoms with Crippen LogP contribution in [0.3, 0.4) is 0 Å². The zero-order valence-electron chi connectivity index (χ0n) is 14.8. The number of nitro groups is 1. The van der Waals surface area contributed by atoms with Gasteiger partial charge in [0.25, 0.3) is 5.69 Å². The molecule has 0 fully saturated rings. The van der Waals surface area contributed by atoms with Gasteiger partial charge in [-0.05, 0) is 29.5 Å². The average molecular weight is 355 g/mol. The number of nitro benzene ring substituents is 1. The largest absolute Gasteiger partial charge is 0.327 e.